The van der Waals surface area contributed by atoms with E-state index < -0.39 is 11.5 Å². The van der Waals surface area contributed by atoms with Crippen LogP contribution in [-0.4, -0.2) is 40.1 Å². The minimum atomic E-state index is -1.18. The van der Waals surface area contributed by atoms with Gasteiger partial charge in [0, 0.05) is 12.6 Å². The standard InChI is InChI=1S/C14H26N2O3/c1-5-11(9-10-7-8-10)15-13(19)16(6-2)14(3,4)12(17)18/h10-11H,5-9H2,1-4H3,(H,15,19)(H,17,18). The first-order valence-corrected chi connectivity index (χ1v) is 7.14. The Hall–Kier alpha value is -1.26. The number of carbonyl (C=O) groups is 2. The molecule has 0 heterocycles. The number of nitrogens with one attached hydrogen (secondary N) is 1. The summed E-state index contributed by atoms with van der Waals surface area (Å²) in [5.41, 5.74) is -1.18. The molecule has 5 heteroatoms. The van der Waals surface area contributed by atoms with Crippen LogP contribution in [0.3, 0.4) is 0 Å². The normalized spacial score (nSPS) is 16.8. The molecule has 19 heavy (non-hydrogen) atoms. The maximum atomic E-state index is 12.2. The van der Waals surface area contributed by atoms with Crippen molar-refractivity contribution in [2.24, 2.45) is 5.92 Å². The second kappa shape index (κ2) is 6.26. The average Bonchev–Trinajstić information content (AvgIpc) is 3.12. The first-order chi connectivity index (χ1) is 8.82. The van der Waals surface area contributed by atoms with Gasteiger partial charge in [0.1, 0.15) is 5.54 Å². The van der Waals surface area contributed by atoms with E-state index >= 15 is 0 Å². The molecule has 0 radical (unpaired) electrons. The summed E-state index contributed by atoms with van der Waals surface area (Å²) in [5, 5.41) is 12.2. The van der Waals surface area contributed by atoms with Crippen LogP contribution in [0.25, 0.3) is 0 Å². The molecular formula is C14H26N2O3. The van der Waals surface area contributed by atoms with Gasteiger partial charge in [-0.2, -0.15) is 0 Å². The molecular weight excluding hydrogens is 244 g/mol. The third kappa shape index (κ3) is 4.11. The number of likely N-dealkylation sites (N-methyl/N-ethyl adjacent to an activating group) is 1. The van der Waals surface area contributed by atoms with Gasteiger partial charge in [-0.25, -0.2) is 9.59 Å². The van der Waals surface area contributed by atoms with E-state index in [2.05, 4.69) is 5.32 Å². The minimum absolute atomic E-state index is 0.152. The lowest BCUT2D eigenvalue weighted by atomic mass is 10.0. The summed E-state index contributed by atoms with van der Waals surface area (Å²) < 4.78 is 0. The number of carboxylic acids is 1. The first kappa shape index (κ1) is 15.8. The molecule has 1 aliphatic rings. The van der Waals surface area contributed by atoms with Crippen molar-refractivity contribution < 1.29 is 14.7 Å². The molecule has 1 rings (SSSR count). The smallest absolute Gasteiger partial charge is 0.329 e. The molecule has 1 aliphatic carbocycles. The molecule has 1 atom stereocenters. The highest BCUT2D eigenvalue weighted by Gasteiger charge is 2.37. The van der Waals surface area contributed by atoms with E-state index in [4.69, 9.17) is 0 Å². The fraction of sp³-hybridized carbons (Fsp3) is 0.857. The number of hydrogen-bond acceptors (Lipinski definition) is 2. The summed E-state index contributed by atoms with van der Waals surface area (Å²) in [6.07, 6.45) is 4.40. The molecule has 2 N–H and O–H groups in total. The van der Waals surface area contributed by atoms with Crippen molar-refractivity contribution >= 4 is 12.0 Å². The van der Waals surface area contributed by atoms with E-state index in [1.165, 1.54) is 17.7 Å². The SMILES string of the molecule is CCC(CC1CC1)NC(=O)N(CC)C(C)(C)C(=O)O. The van der Waals surface area contributed by atoms with Crippen molar-refractivity contribution in [1.82, 2.24) is 10.2 Å². The van der Waals surface area contributed by atoms with Gasteiger partial charge in [-0.1, -0.05) is 19.8 Å². The average molecular weight is 270 g/mol. The number of carbonyl (C=O) groups excluding carboxylic acids is 1. The van der Waals surface area contributed by atoms with Gasteiger partial charge in [-0.3, -0.25) is 0 Å². The van der Waals surface area contributed by atoms with Crippen molar-refractivity contribution in [3.05, 3.63) is 0 Å². The zero-order valence-corrected chi connectivity index (χ0v) is 12.4. The molecule has 1 fully saturated rings. The van der Waals surface area contributed by atoms with Crippen LogP contribution in [0.2, 0.25) is 0 Å². The number of aliphatic carboxylic acids is 1. The van der Waals surface area contributed by atoms with Crippen molar-refractivity contribution in [1.29, 1.82) is 0 Å². The second-order valence-corrected chi connectivity index (χ2v) is 5.84. The van der Waals surface area contributed by atoms with Gasteiger partial charge in [0.15, 0.2) is 0 Å². The summed E-state index contributed by atoms with van der Waals surface area (Å²) >= 11 is 0. The Bertz CT molecular complexity index is 338. The Morgan fingerprint density at radius 2 is 1.95 bits per heavy atom. The lowest BCUT2D eigenvalue weighted by Crippen LogP contribution is -2.57. The van der Waals surface area contributed by atoms with Crippen molar-refractivity contribution in [3.8, 4) is 0 Å². The van der Waals surface area contributed by atoms with Crippen LogP contribution in [0.15, 0.2) is 0 Å². The highest BCUT2D eigenvalue weighted by Crippen LogP contribution is 2.34. The van der Waals surface area contributed by atoms with E-state index in [1.54, 1.807) is 20.8 Å². The first-order valence-electron chi connectivity index (χ1n) is 7.14. The van der Waals surface area contributed by atoms with Crippen LogP contribution in [0, 0.1) is 5.92 Å². The maximum absolute atomic E-state index is 12.2. The summed E-state index contributed by atoms with van der Waals surface area (Å²) in [6, 6.07) is -0.124. The van der Waals surface area contributed by atoms with Crippen LogP contribution in [0.5, 0.6) is 0 Å². The highest BCUT2D eigenvalue weighted by molar-refractivity contribution is 5.85. The van der Waals surface area contributed by atoms with Gasteiger partial charge >= 0.3 is 12.0 Å². The molecule has 0 bridgehead atoms. The molecule has 0 aromatic heterocycles. The number of carboxylic acid groups (broad SMARTS) is 1. The number of hydrogen-bond donors (Lipinski definition) is 2. The molecule has 2 amide bonds. The molecule has 0 saturated heterocycles. The minimum Gasteiger partial charge on any atom is -0.480 e. The zero-order valence-electron chi connectivity index (χ0n) is 12.4. The third-order valence-corrected chi connectivity index (χ3v) is 3.89. The fourth-order valence-electron chi connectivity index (χ4n) is 2.24. The largest absolute Gasteiger partial charge is 0.480 e. The van der Waals surface area contributed by atoms with Gasteiger partial charge in [0.2, 0.25) is 0 Å². The lowest BCUT2D eigenvalue weighted by molar-refractivity contribution is -0.147. The molecule has 1 unspecified atom stereocenters. The van der Waals surface area contributed by atoms with Gasteiger partial charge in [-0.15, -0.1) is 0 Å². The predicted molar refractivity (Wildman–Crippen MR) is 74.0 cm³/mol. The van der Waals surface area contributed by atoms with Crippen LogP contribution in [-0.2, 0) is 4.79 Å². The monoisotopic (exact) mass is 270 g/mol. The van der Waals surface area contributed by atoms with Crippen molar-refractivity contribution in [2.75, 3.05) is 6.54 Å². The van der Waals surface area contributed by atoms with Gasteiger partial charge in [0.25, 0.3) is 0 Å². The highest BCUT2D eigenvalue weighted by atomic mass is 16.4. The molecule has 1 saturated carbocycles. The molecule has 110 valence electrons. The van der Waals surface area contributed by atoms with Crippen LogP contribution < -0.4 is 5.32 Å². The quantitative estimate of drug-likeness (QED) is 0.746. The predicted octanol–water partition coefficient (Wildman–Crippen LogP) is 2.46. The van der Waals surface area contributed by atoms with E-state index in [0.717, 1.165) is 18.8 Å². The fourth-order valence-corrected chi connectivity index (χ4v) is 2.24. The summed E-state index contributed by atoms with van der Waals surface area (Å²) in [7, 11) is 0. The molecule has 5 nitrogen and oxygen atoms in total. The summed E-state index contributed by atoms with van der Waals surface area (Å²) in [4.78, 5) is 24.9. The van der Waals surface area contributed by atoms with Crippen molar-refractivity contribution in [3.63, 3.8) is 0 Å². The Morgan fingerprint density at radius 1 is 1.37 bits per heavy atom. The Labute approximate surface area is 115 Å². The number of amides is 2. The van der Waals surface area contributed by atoms with E-state index in [9.17, 15) is 14.7 Å². The van der Waals surface area contributed by atoms with Gasteiger partial charge in [0.05, 0.1) is 0 Å². The lowest BCUT2D eigenvalue weighted by Gasteiger charge is -2.35. The van der Waals surface area contributed by atoms with E-state index in [1.807, 2.05) is 6.92 Å². The third-order valence-electron chi connectivity index (χ3n) is 3.89. The summed E-state index contributed by atoms with van der Waals surface area (Å²) in [5.74, 6) is -0.243. The zero-order chi connectivity index (χ0) is 14.6. The van der Waals surface area contributed by atoms with E-state index in [0.29, 0.717) is 6.54 Å². The second-order valence-electron chi connectivity index (χ2n) is 5.84. The van der Waals surface area contributed by atoms with Crippen molar-refractivity contribution in [2.45, 2.75) is 65.0 Å². The van der Waals surface area contributed by atoms with Crippen LogP contribution >= 0.6 is 0 Å². The molecule has 0 aromatic rings. The number of rotatable bonds is 7. The number of urea groups is 1. The summed E-state index contributed by atoms with van der Waals surface area (Å²) in [6.45, 7) is 7.34. The molecule has 0 spiro atoms. The Kier molecular flexibility index (Phi) is 5.20. The van der Waals surface area contributed by atoms with Crippen LogP contribution in [0.1, 0.15) is 53.4 Å². The van der Waals surface area contributed by atoms with E-state index in [-0.39, 0.29) is 12.1 Å². The number of nitrogens with zero attached hydrogens (tertiary/aromatic N) is 1. The van der Waals surface area contributed by atoms with Gasteiger partial charge < -0.3 is 15.3 Å². The molecule has 0 aliphatic heterocycles. The Balaban J connectivity index is 2.64. The molecule has 0 aromatic carbocycles. The maximum Gasteiger partial charge on any atom is 0.329 e. The Morgan fingerprint density at radius 3 is 2.32 bits per heavy atom. The van der Waals surface area contributed by atoms with Gasteiger partial charge in [-0.05, 0) is 39.5 Å². The van der Waals surface area contributed by atoms with Crippen LogP contribution in [0.4, 0.5) is 4.79 Å². The topological polar surface area (TPSA) is 69.6 Å².